The fourth-order valence-corrected chi connectivity index (χ4v) is 0.914. The molecule has 0 aliphatic carbocycles. The van der Waals surface area contributed by atoms with Gasteiger partial charge in [-0.1, -0.05) is 30.3 Å². The first kappa shape index (κ1) is 12.6. The Kier molecular flexibility index (Phi) is 10.2. The summed E-state index contributed by atoms with van der Waals surface area (Å²) in [7, 11) is 1.98. The molecule has 12 heavy (non-hydrogen) atoms. The molecule has 1 rings (SSSR count). The van der Waals surface area contributed by atoms with Gasteiger partial charge in [0.1, 0.15) is 0 Å². The summed E-state index contributed by atoms with van der Waals surface area (Å²) in [6.07, 6.45) is 1.12. The summed E-state index contributed by atoms with van der Waals surface area (Å²) < 4.78 is 9.36. The van der Waals surface area contributed by atoms with Gasteiger partial charge in [-0.3, -0.25) is 0 Å². The molecule has 3 heteroatoms. The third-order valence-corrected chi connectivity index (χ3v) is 1.51. The Labute approximate surface area is 106 Å². The molecule has 1 aromatic rings. The van der Waals surface area contributed by atoms with Gasteiger partial charge < -0.3 is 5.32 Å². The Morgan fingerprint density at radius 3 is 2.33 bits per heavy atom. The van der Waals surface area contributed by atoms with E-state index in [1.54, 1.807) is 0 Å². The van der Waals surface area contributed by atoms with Crippen LogP contribution in [-0.2, 0) is 6.42 Å². The van der Waals surface area contributed by atoms with Crippen molar-refractivity contribution in [2.45, 2.75) is 6.42 Å². The third kappa shape index (κ3) is 6.18. The Morgan fingerprint density at radius 1 is 1.25 bits per heavy atom. The van der Waals surface area contributed by atoms with Crippen molar-refractivity contribution in [3.05, 3.63) is 35.9 Å². The van der Waals surface area contributed by atoms with Crippen molar-refractivity contribution >= 4 is 0 Å². The Balaban J connectivity index is 0.000000561. The van der Waals surface area contributed by atoms with Crippen molar-refractivity contribution in [3.8, 4) is 0 Å². The summed E-state index contributed by atoms with van der Waals surface area (Å²) in [5.74, 6) is 0. The molecule has 0 fully saturated rings. The molecule has 1 nitrogen and oxygen atoms in total. The van der Waals surface area contributed by atoms with Crippen molar-refractivity contribution < 1.29 is 45.9 Å². The van der Waals surface area contributed by atoms with E-state index in [4.69, 9.17) is 0 Å². The predicted octanol–water partition coefficient (Wildman–Crippen LogP) is 1.87. The van der Waals surface area contributed by atoms with Crippen LogP contribution in [0.4, 0.5) is 0.312 Å². The van der Waals surface area contributed by atoms with Crippen LogP contribution in [0.2, 0.25) is 0 Å². The van der Waals surface area contributed by atoms with Crippen LogP contribution in [0, 0.1) is 45.5 Å². The predicted molar refractivity (Wildman–Crippen MR) is 45.2 cm³/mol. The minimum atomic E-state index is 1.06. The summed E-state index contributed by atoms with van der Waals surface area (Å²) >= 11 is 1.19. The van der Waals surface area contributed by atoms with Crippen molar-refractivity contribution in [2.75, 3.05) is 13.6 Å². The number of benzene rings is 1. The van der Waals surface area contributed by atoms with Gasteiger partial charge in [0.2, 0.25) is 0 Å². The second-order valence-corrected chi connectivity index (χ2v) is 2.34. The molecule has 0 atom stereocenters. The van der Waals surface area contributed by atoms with E-state index >= 15 is 0 Å². The summed E-state index contributed by atoms with van der Waals surface area (Å²) in [5, 5.41) is 3.12. The molecule has 0 aromatic heterocycles. The van der Waals surface area contributed by atoms with E-state index < -0.39 is 0 Å². The fourth-order valence-electron chi connectivity index (χ4n) is 0.914. The van der Waals surface area contributed by atoms with Gasteiger partial charge in [0, 0.05) is 0 Å². The van der Waals surface area contributed by atoms with Gasteiger partial charge in [0.05, 0.1) is 0 Å². The molecular formula is C9H13FNYb. The number of nitrogens with one attached hydrogen (secondary N) is 1. The van der Waals surface area contributed by atoms with Crippen LogP contribution >= 0.6 is 0 Å². The van der Waals surface area contributed by atoms with Gasteiger partial charge >= 0.3 is 45.9 Å². The van der Waals surface area contributed by atoms with Crippen molar-refractivity contribution in [1.82, 2.24) is 5.32 Å². The van der Waals surface area contributed by atoms with Crippen molar-refractivity contribution in [3.63, 3.8) is 0 Å². The van der Waals surface area contributed by atoms with Crippen molar-refractivity contribution in [2.24, 2.45) is 0 Å². The monoisotopic (exact) mass is 328 g/mol. The van der Waals surface area contributed by atoms with Crippen LogP contribution < -0.4 is 5.32 Å². The molecule has 0 aliphatic rings. The van der Waals surface area contributed by atoms with Gasteiger partial charge in [-0.2, -0.15) is 0 Å². The summed E-state index contributed by atoms with van der Waals surface area (Å²) in [6.45, 7) is 1.06. The summed E-state index contributed by atoms with van der Waals surface area (Å²) in [5.41, 5.74) is 1.40. The Bertz CT molecular complexity index is 179. The molecule has 0 amide bonds. The molecule has 75 valence electrons. The zero-order valence-electron chi connectivity index (χ0n) is 6.95. The molecule has 1 aromatic carbocycles. The molecule has 0 saturated heterocycles. The normalized spacial score (nSPS) is 8.67. The number of rotatable bonds is 3. The van der Waals surface area contributed by atoms with E-state index in [1.165, 1.54) is 51.1 Å². The molecule has 0 aliphatic heterocycles. The molecule has 0 spiro atoms. The van der Waals surface area contributed by atoms with E-state index in [9.17, 15) is 0.312 Å². The van der Waals surface area contributed by atoms with Gasteiger partial charge in [-0.05, 0) is 25.6 Å². The van der Waals surface area contributed by atoms with Crippen LogP contribution in [-0.4, -0.2) is 13.6 Å². The van der Waals surface area contributed by atoms with Gasteiger partial charge in [0.25, 0.3) is 0 Å². The van der Waals surface area contributed by atoms with Crippen LogP contribution in [0.1, 0.15) is 5.56 Å². The fraction of sp³-hybridized carbons (Fsp3) is 0.333. The number of likely N-dealkylation sites (N-methyl/N-ethyl adjacent to an activating group) is 1. The van der Waals surface area contributed by atoms with Crippen LogP contribution in [0.5, 0.6) is 0 Å². The maximum atomic E-state index is 9.36. The van der Waals surface area contributed by atoms with Gasteiger partial charge in [0.15, 0.2) is 0 Å². The van der Waals surface area contributed by atoms with Crippen LogP contribution in [0.3, 0.4) is 0 Å². The first-order valence-electron chi connectivity index (χ1n) is 3.72. The Hall–Kier alpha value is 0.629. The Morgan fingerprint density at radius 2 is 1.83 bits per heavy atom. The van der Waals surface area contributed by atoms with E-state index in [0.29, 0.717) is 0 Å². The maximum absolute atomic E-state index is 9.36. The molecule has 0 unspecified atom stereocenters. The van der Waals surface area contributed by atoms with Gasteiger partial charge in [-0.15, -0.1) is 0 Å². The SMILES string of the molecule is CNCCc1ccccc1.[F][Yb]. The average Bonchev–Trinajstić information content (AvgIpc) is 2.19. The summed E-state index contributed by atoms with van der Waals surface area (Å²) in [4.78, 5) is 0. The second kappa shape index (κ2) is 9.72. The quantitative estimate of drug-likeness (QED) is 0.894. The third-order valence-electron chi connectivity index (χ3n) is 1.51. The van der Waals surface area contributed by atoms with Crippen molar-refractivity contribution in [1.29, 1.82) is 0 Å². The van der Waals surface area contributed by atoms with E-state index in [-0.39, 0.29) is 0 Å². The van der Waals surface area contributed by atoms with Crippen LogP contribution in [0.25, 0.3) is 0 Å². The molecule has 1 N–H and O–H groups in total. The van der Waals surface area contributed by atoms with E-state index in [1.807, 2.05) is 13.1 Å². The topological polar surface area (TPSA) is 12.0 Å². The standard InChI is InChI=1S/C9H13N.FH.Yb/c1-10-8-7-9-5-3-2-4-6-9;;/h2-6,10H,7-8H2,1H3;1H;/q;;+1/p-1. The average molecular weight is 327 g/mol. The first-order valence-corrected chi connectivity index (χ1v) is 4.37. The number of hydrogen-bond acceptors (Lipinski definition) is 1. The molecular weight excluding hydrogens is 314 g/mol. The van der Waals surface area contributed by atoms with E-state index in [2.05, 4.69) is 29.6 Å². The summed E-state index contributed by atoms with van der Waals surface area (Å²) in [6, 6.07) is 10.5. The van der Waals surface area contributed by atoms with E-state index in [0.717, 1.165) is 13.0 Å². The minimum absolute atomic E-state index is 1.06. The first-order chi connectivity index (χ1) is 5.93. The van der Waals surface area contributed by atoms with Gasteiger partial charge in [-0.25, -0.2) is 0 Å². The number of halogens is 1. The molecule has 0 saturated carbocycles. The van der Waals surface area contributed by atoms with Crippen LogP contribution in [0.15, 0.2) is 30.3 Å². The molecule has 0 bridgehead atoms. The second-order valence-electron chi connectivity index (χ2n) is 2.34. The zero-order valence-corrected chi connectivity index (χ0v) is 8.66. The molecule has 0 heterocycles. The zero-order chi connectivity index (χ0) is 9.23. The number of hydrogen-bond donors (Lipinski definition) is 1. The molecule has 0 radical (unpaired) electrons.